The van der Waals surface area contributed by atoms with Gasteiger partial charge in [-0.15, -0.1) is 0 Å². The topological polar surface area (TPSA) is 55.1 Å². The molecule has 3 nitrogen and oxygen atoms in total. The lowest BCUT2D eigenvalue weighted by molar-refractivity contribution is -0.118. The Morgan fingerprint density at radius 2 is 2.06 bits per heavy atom. The number of anilines is 1. The predicted molar refractivity (Wildman–Crippen MR) is 68.9 cm³/mol. The third-order valence-electron chi connectivity index (χ3n) is 3.38. The molecular weight excluding hydrogens is 212 g/mol. The van der Waals surface area contributed by atoms with E-state index in [0.29, 0.717) is 0 Å². The molecule has 1 unspecified atom stereocenters. The molecular formula is C14H14N2O. The molecule has 0 radical (unpaired) electrons. The Morgan fingerprint density at radius 3 is 2.88 bits per heavy atom. The molecule has 0 fully saturated rings. The molecule has 1 heterocycles. The SMILES string of the molecule is NC(=O)C1CCc2ccc3ccccc3c2N1. The molecule has 17 heavy (non-hydrogen) atoms. The van der Waals surface area contributed by atoms with Gasteiger partial charge in [-0.2, -0.15) is 0 Å². The maximum absolute atomic E-state index is 11.3. The van der Waals surface area contributed by atoms with Crippen LogP contribution in [0.4, 0.5) is 5.69 Å². The average Bonchev–Trinajstić information content (AvgIpc) is 2.38. The summed E-state index contributed by atoms with van der Waals surface area (Å²) in [6, 6.07) is 12.2. The van der Waals surface area contributed by atoms with E-state index >= 15 is 0 Å². The number of fused-ring (bicyclic) bond motifs is 3. The Balaban J connectivity index is 2.15. The first-order chi connectivity index (χ1) is 8.25. The molecule has 0 spiro atoms. The summed E-state index contributed by atoms with van der Waals surface area (Å²) < 4.78 is 0. The van der Waals surface area contributed by atoms with Crippen molar-refractivity contribution in [3.63, 3.8) is 0 Å². The molecule has 2 aromatic carbocycles. The molecule has 1 aliphatic heterocycles. The number of hydrogen-bond donors (Lipinski definition) is 2. The van der Waals surface area contributed by atoms with Gasteiger partial charge in [-0.1, -0.05) is 36.4 Å². The van der Waals surface area contributed by atoms with Crippen molar-refractivity contribution >= 4 is 22.4 Å². The zero-order chi connectivity index (χ0) is 11.8. The van der Waals surface area contributed by atoms with E-state index < -0.39 is 0 Å². The van der Waals surface area contributed by atoms with E-state index in [4.69, 9.17) is 5.73 Å². The van der Waals surface area contributed by atoms with Crippen LogP contribution in [0.3, 0.4) is 0 Å². The van der Waals surface area contributed by atoms with E-state index in [1.807, 2.05) is 12.1 Å². The van der Waals surface area contributed by atoms with Gasteiger partial charge in [0.25, 0.3) is 0 Å². The van der Waals surface area contributed by atoms with E-state index in [-0.39, 0.29) is 11.9 Å². The van der Waals surface area contributed by atoms with Crippen molar-refractivity contribution in [2.75, 3.05) is 5.32 Å². The van der Waals surface area contributed by atoms with Gasteiger partial charge in [0.2, 0.25) is 5.91 Å². The maximum atomic E-state index is 11.3. The molecule has 1 amide bonds. The van der Waals surface area contributed by atoms with Gasteiger partial charge < -0.3 is 11.1 Å². The standard InChI is InChI=1S/C14H14N2O/c15-14(17)12-8-7-10-6-5-9-3-1-2-4-11(9)13(10)16-12/h1-6,12,16H,7-8H2,(H2,15,17). The average molecular weight is 226 g/mol. The highest BCUT2D eigenvalue weighted by atomic mass is 16.1. The Morgan fingerprint density at radius 1 is 1.24 bits per heavy atom. The summed E-state index contributed by atoms with van der Waals surface area (Å²) in [7, 11) is 0. The van der Waals surface area contributed by atoms with Gasteiger partial charge >= 0.3 is 0 Å². The number of rotatable bonds is 1. The van der Waals surface area contributed by atoms with Crippen LogP contribution in [0.1, 0.15) is 12.0 Å². The van der Waals surface area contributed by atoms with Crippen LogP contribution in [0.5, 0.6) is 0 Å². The molecule has 1 atom stereocenters. The molecule has 0 aromatic heterocycles. The van der Waals surface area contributed by atoms with E-state index in [9.17, 15) is 4.79 Å². The fourth-order valence-corrected chi connectivity index (χ4v) is 2.46. The molecule has 1 aliphatic rings. The molecule has 0 bridgehead atoms. The highest BCUT2D eigenvalue weighted by Gasteiger charge is 2.22. The van der Waals surface area contributed by atoms with Crippen molar-refractivity contribution in [1.82, 2.24) is 0 Å². The second kappa shape index (κ2) is 3.77. The normalized spacial score (nSPS) is 18.5. The van der Waals surface area contributed by atoms with Crippen molar-refractivity contribution in [1.29, 1.82) is 0 Å². The van der Waals surface area contributed by atoms with Crippen LogP contribution in [0.15, 0.2) is 36.4 Å². The Hall–Kier alpha value is -2.03. The molecule has 3 rings (SSSR count). The number of primary amides is 1. The fraction of sp³-hybridized carbons (Fsp3) is 0.214. The Kier molecular flexibility index (Phi) is 2.25. The summed E-state index contributed by atoms with van der Waals surface area (Å²) >= 11 is 0. The van der Waals surface area contributed by atoms with Crippen LogP contribution in [0.2, 0.25) is 0 Å². The van der Waals surface area contributed by atoms with E-state index in [1.54, 1.807) is 0 Å². The van der Waals surface area contributed by atoms with Gasteiger partial charge in [0.15, 0.2) is 0 Å². The minimum absolute atomic E-state index is 0.242. The first kappa shape index (κ1) is 10.1. The molecule has 0 aliphatic carbocycles. The zero-order valence-corrected chi connectivity index (χ0v) is 9.44. The van der Waals surface area contributed by atoms with Crippen LogP contribution >= 0.6 is 0 Å². The number of hydrogen-bond acceptors (Lipinski definition) is 2. The van der Waals surface area contributed by atoms with Crippen molar-refractivity contribution in [3.8, 4) is 0 Å². The van der Waals surface area contributed by atoms with Crippen LogP contribution in [-0.2, 0) is 11.2 Å². The summed E-state index contributed by atoms with van der Waals surface area (Å²) in [5.74, 6) is -0.274. The first-order valence-corrected chi connectivity index (χ1v) is 5.82. The fourth-order valence-electron chi connectivity index (χ4n) is 2.46. The lowest BCUT2D eigenvalue weighted by atomic mass is 9.94. The second-order valence-corrected chi connectivity index (χ2v) is 4.46. The van der Waals surface area contributed by atoms with Gasteiger partial charge in [-0.25, -0.2) is 0 Å². The van der Waals surface area contributed by atoms with Gasteiger partial charge in [0, 0.05) is 11.1 Å². The van der Waals surface area contributed by atoms with Crippen LogP contribution < -0.4 is 11.1 Å². The summed E-state index contributed by atoms with van der Waals surface area (Å²) in [6.45, 7) is 0. The van der Waals surface area contributed by atoms with Crippen molar-refractivity contribution in [2.45, 2.75) is 18.9 Å². The number of benzene rings is 2. The Labute approximate surface area is 99.6 Å². The monoisotopic (exact) mass is 226 g/mol. The number of carbonyl (C=O) groups is 1. The highest BCUT2D eigenvalue weighted by molar-refractivity contribution is 5.98. The van der Waals surface area contributed by atoms with E-state index in [2.05, 4.69) is 29.6 Å². The largest absolute Gasteiger partial charge is 0.373 e. The van der Waals surface area contributed by atoms with Gasteiger partial charge in [-0.3, -0.25) is 4.79 Å². The molecule has 3 heteroatoms. The number of carbonyl (C=O) groups excluding carboxylic acids is 1. The number of aryl methyl sites for hydroxylation is 1. The van der Waals surface area contributed by atoms with Crippen LogP contribution in [-0.4, -0.2) is 11.9 Å². The highest BCUT2D eigenvalue weighted by Crippen LogP contribution is 2.32. The summed E-state index contributed by atoms with van der Waals surface area (Å²) in [6.07, 6.45) is 1.68. The van der Waals surface area contributed by atoms with Gasteiger partial charge in [-0.05, 0) is 23.8 Å². The van der Waals surface area contributed by atoms with Crippen LogP contribution in [0, 0.1) is 0 Å². The first-order valence-electron chi connectivity index (χ1n) is 5.82. The quantitative estimate of drug-likeness (QED) is 0.782. The molecule has 86 valence electrons. The summed E-state index contributed by atoms with van der Waals surface area (Å²) in [5, 5.41) is 5.61. The summed E-state index contributed by atoms with van der Waals surface area (Å²) in [4.78, 5) is 11.3. The number of nitrogens with two attached hydrogens (primary N) is 1. The van der Waals surface area contributed by atoms with Gasteiger partial charge in [0.1, 0.15) is 6.04 Å². The van der Waals surface area contributed by atoms with E-state index in [1.165, 1.54) is 10.9 Å². The molecule has 0 saturated heterocycles. The van der Waals surface area contributed by atoms with Crippen LogP contribution in [0.25, 0.3) is 10.8 Å². The van der Waals surface area contributed by atoms with Crippen molar-refractivity contribution in [3.05, 3.63) is 42.0 Å². The third kappa shape index (κ3) is 1.64. The van der Waals surface area contributed by atoms with Crippen molar-refractivity contribution in [2.24, 2.45) is 5.73 Å². The minimum Gasteiger partial charge on any atom is -0.373 e. The van der Waals surface area contributed by atoms with E-state index in [0.717, 1.165) is 23.9 Å². The lowest BCUT2D eigenvalue weighted by Gasteiger charge is -2.26. The predicted octanol–water partition coefficient (Wildman–Crippen LogP) is 2.05. The third-order valence-corrected chi connectivity index (χ3v) is 3.38. The number of nitrogens with one attached hydrogen (secondary N) is 1. The molecule has 3 N–H and O–H groups in total. The lowest BCUT2D eigenvalue weighted by Crippen LogP contribution is -2.38. The van der Waals surface area contributed by atoms with Gasteiger partial charge in [0.05, 0.1) is 0 Å². The Bertz CT molecular complexity index is 592. The smallest absolute Gasteiger partial charge is 0.239 e. The molecule has 2 aromatic rings. The molecule has 0 saturated carbocycles. The summed E-state index contributed by atoms with van der Waals surface area (Å²) in [5.41, 5.74) is 7.70. The van der Waals surface area contributed by atoms with Crippen molar-refractivity contribution < 1.29 is 4.79 Å². The number of amides is 1. The zero-order valence-electron chi connectivity index (χ0n) is 9.44. The second-order valence-electron chi connectivity index (χ2n) is 4.46. The minimum atomic E-state index is -0.274. The maximum Gasteiger partial charge on any atom is 0.239 e.